The molecule has 444 valence electrons. The number of carbonyl (C=O) groups excluding carboxylic acids is 2. The Labute approximate surface area is 470 Å². The summed E-state index contributed by atoms with van der Waals surface area (Å²) >= 11 is 0. The van der Waals surface area contributed by atoms with Crippen molar-refractivity contribution in [1.29, 1.82) is 0 Å². The average Bonchev–Trinajstić information content (AvgIpc) is 3.39. The Balaban J connectivity index is 3.97. The van der Waals surface area contributed by atoms with Crippen LogP contribution in [-0.2, 0) is 33.3 Å². The van der Waals surface area contributed by atoms with Crippen LogP contribution >= 0.6 is 0 Å². The maximum atomic E-state index is 12.9. The third-order valence-corrected chi connectivity index (χ3v) is 14.3. The average molecular weight is 1070 g/mol. The number of esters is 2. The summed E-state index contributed by atoms with van der Waals surface area (Å²) in [7, 11) is 5.98. The van der Waals surface area contributed by atoms with E-state index in [0.717, 1.165) is 64.2 Å². The van der Waals surface area contributed by atoms with E-state index in [0.29, 0.717) is 17.4 Å². The number of allylic oxidation sites excluding steroid dienone is 8. The van der Waals surface area contributed by atoms with E-state index in [1.807, 2.05) is 21.1 Å². The lowest BCUT2D eigenvalue weighted by molar-refractivity contribution is -0.870. The lowest BCUT2D eigenvalue weighted by Gasteiger charge is -2.25. The lowest BCUT2D eigenvalue weighted by Crippen LogP contribution is -2.40. The zero-order valence-corrected chi connectivity index (χ0v) is 50.7. The predicted octanol–water partition coefficient (Wildman–Crippen LogP) is 19.4. The van der Waals surface area contributed by atoms with Crippen LogP contribution in [0.4, 0.5) is 0 Å². The Hall–Kier alpha value is -2.75. The fourth-order valence-corrected chi connectivity index (χ4v) is 9.42. The maximum absolute atomic E-state index is 12.9. The summed E-state index contributed by atoms with van der Waals surface area (Å²) in [5.74, 6) is -1.98. The van der Waals surface area contributed by atoms with Crippen LogP contribution in [0.5, 0.6) is 0 Å². The number of unbranched alkanes of at least 4 members (excludes halogenated alkanes) is 37. The highest BCUT2D eigenvalue weighted by molar-refractivity contribution is 5.71. The van der Waals surface area contributed by atoms with Gasteiger partial charge in [0.25, 0.3) is 6.29 Å². The summed E-state index contributed by atoms with van der Waals surface area (Å²) in [5.41, 5.74) is 0. The van der Waals surface area contributed by atoms with E-state index in [2.05, 4.69) is 62.5 Å². The highest BCUT2D eigenvalue weighted by Crippen LogP contribution is 2.18. The smallest absolute Gasteiger partial charge is 0.361 e. The van der Waals surface area contributed by atoms with Crippen molar-refractivity contribution < 1.29 is 42.9 Å². The fraction of sp³-hybridized carbons (Fsp3) is 0.836. The van der Waals surface area contributed by atoms with Crippen molar-refractivity contribution in [3.63, 3.8) is 0 Å². The van der Waals surface area contributed by atoms with Crippen LogP contribution in [0.1, 0.15) is 303 Å². The molecule has 0 spiro atoms. The molecule has 0 aromatic carbocycles. The molecule has 0 radical (unpaired) electrons. The van der Waals surface area contributed by atoms with E-state index < -0.39 is 18.4 Å². The summed E-state index contributed by atoms with van der Waals surface area (Å²) in [6, 6.07) is 0. The molecule has 0 aliphatic carbocycles. The zero-order valence-electron chi connectivity index (χ0n) is 50.7. The SMILES string of the molecule is CC/C=C\C/C=C\C/C=C\C/C=C\CCCCCCCCCCCCCCCCCCCCCCCCCCC(=O)OC(COC(=O)CCCCCCCCCCCCCCCC)COC(OCC[N+](C)(C)C)C(=O)O. The highest BCUT2D eigenvalue weighted by Gasteiger charge is 2.25. The van der Waals surface area contributed by atoms with Gasteiger partial charge in [0.15, 0.2) is 6.10 Å². The van der Waals surface area contributed by atoms with Gasteiger partial charge in [-0.25, -0.2) is 4.79 Å². The molecule has 76 heavy (non-hydrogen) atoms. The molecular weight excluding hydrogens is 947 g/mol. The number of carbonyl (C=O) groups is 3. The minimum atomic E-state index is -1.51. The third-order valence-electron chi connectivity index (χ3n) is 14.3. The Morgan fingerprint density at radius 3 is 1.12 bits per heavy atom. The van der Waals surface area contributed by atoms with Crippen molar-refractivity contribution in [3.8, 4) is 0 Å². The first-order valence-electron chi connectivity index (χ1n) is 32.3. The van der Waals surface area contributed by atoms with Gasteiger partial charge in [-0.3, -0.25) is 9.59 Å². The monoisotopic (exact) mass is 1070 g/mol. The standard InChI is InChI=1S/C67H123NO8/c1-6-8-10-12-14-16-18-20-22-23-24-25-26-27-28-29-30-31-32-33-34-35-36-37-38-39-40-41-42-43-44-46-48-50-52-54-56-58-65(70)76-63(62-75-67(66(71)72)73-60-59-68(3,4)5)61-74-64(69)57-55-53-51-49-47-45-21-19-17-15-13-11-9-7-2/h8,10,14,16,20,22,24-25,63,67H,6-7,9,11-13,15,17-19,21,23,26-62H2,1-5H3/p+1/b10-8-,16-14-,22-20-,25-24-. The van der Waals surface area contributed by atoms with E-state index in [1.54, 1.807) is 0 Å². The third kappa shape index (κ3) is 58.9. The molecule has 0 aromatic heterocycles. The van der Waals surface area contributed by atoms with E-state index in [-0.39, 0.29) is 38.2 Å². The Bertz CT molecular complexity index is 1380. The second-order valence-corrected chi connectivity index (χ2v) is 23.1. The van der Waals surface area contributed by atoms with Crippen LogP contribution in [0.3, 0.4) is 0 Å². The Morgan fingerprint density at radius 1 is 0.408 bits per heavy atom. The quantitative estimate of drug-likeness (QED) is 0.0211. The van der Waals surface area contributed by atoms with Gasteiger partial charge in [-0.05, 0) is 51.4 Å². The van der Waals surface area contributed by atoms with Crippen LogP contribution < -0.4 is 0 Å². The molecule has 9 nitrogen and oxygen atoms in total. The van der Waals surface area contributed by atoms with Crippen molar-refractivity contribution >= 4 is 17.9 Å². The molecule has 0 aliphatic heterocycles. The maximum Gasteiger partial charge on any atom is 0.361 e. The van der Waals surface area contributed by atoms with Gasteiger partial charge in [0, 0.05) is 12.8 Å². The number of hydrogen-bond donors (Lipinski definition) is 1. The van der Waals surface area contributed by atoms with E-state index >= 15 is 0 Å². The molecule has 2 atom stereocenters. The number of ether oxygens (including phenoxy) is 4. The van der Waals surface area contributed by atoms with Crippen LogP contribution in [0.2, 0.25) is 0 Å². The number of rotatable bonds is 60. The number of carboxylic acid groups (broad SMARTS) is 1. The molecule has 0 amide bonds. The molecule has 0 rings (SSSR count). The molecule has 0 heterocycles. The molecule has 0 fully saturated rings. The fourth-order valence-electron chi connectivity index (χ4n) is 9.42. The molecule has 9 heteroatoms. The minimum absolute atomic E-state index is 0.176. The first-order valence-corrected chi connectivity index (χ1v) is 32.3. The van der Waals surface area contributed by atoms with Crippen LogP contribution in [-0.4, -0.2) is 87.4 Å². The lowest BCUT2D eigenvalue weighted by atomic mass is 10.0. The number of carboxylic acids is 1. The van der Waals surface area contributed by atoms with Gasteiger partial charge in [0.2, 0.25) is 0 Å². The zero-order chi connectivity index (χ0) is 55.5. The molecule has 0 bridgehead atoms. The number of hydrogen-bond acceptors (Lipinski definition) is 7. The Kier molecular flexibility index (Phi) is 56.3. The van der Waals surface area contributed by atoms with Gasteiger partial charge in [0.05, 0.1) is 34.4 Å². The van der Waals surface area contributed by atoms with Crippen LogP contribution in [0.15, 0.2) is 48.6 Å². The highest BCUT2D eigenvalue weighted by atomic mass is 16.7. The molecule has 0 aliphatic rings. The largest absolute Gasteiger partial charge is 0.477 e. The Morgan fingerprint density at radius 2 is 0.750 bits per heavy atom. The first kappa shape index (κ1) is 73.2. The number of quaternary nitrogens is 1. The second-order valence-electron chi connectivity index (χ2n) is 23.1. The van der Waals surface area contributed by atoms with Crippen LogP contribution in [0, 0.1) is 0 Å². The molecule has 0 aromatic rings. The molecule has 0 saturated carbocycles. The van der Waals surface area contributed by atoms with Crippen molar-refractivity contribution in [2.24, 2.45) is 0 Å². The first-order chi connectivity index (χ1) is 37.1. The van der Waals surface area contributed by atoms with Gasteiger partial charge in [-0.1, -0.05) is 287 Å². The van der Waals surface area contributed by atoms with Crippen molar-refractivity contribution in [2.75, 3.05) is 47.5 Å². The number of nitrogens with zero attached hydrogens (tertiary/aromatic N) is 1. The van der Waals surface area contributed by atoms with Crippen molar-refractivity contribution in [2.45, 2.75) is 315 Å². The van der Waals surface area contributed by atoms with Gasteiger partial charge >= 0.3 is 17.9 Å². The second kappa shape index (κ2) is 58.4. The predicted molar refractivity (Wildman–Crippen MR) is 323 cm³/mol. The van der Waals surface area contributed by atoms with Crippen molar-refractivity contribution in [3.05, 3.63) is 48.6 Å². The number of aliphatic carboxylic acids is 1. The molecule has 2 unspecified atom stereocenters. The summed E-state index contributed by atoms with van der Waals surface area (Å²) in [6.45, 7) is 4.81. The summed E-state index contributed by atoms with van der Waals surface area (Å²) < 4.78 is 22.9. The molecule has 0 saturated heterocycles. The van der Waals surface area contributed by atoms with E-state index in [9.17, 15) is 19.5 Å². The molecular formula is C67H124NO8+. The van der Waals surface area contributed by atoms with Gasteiger partial charge < -0.3 is 28.5 Å². The summed E-state index contributed by atoms with van der Waals surface area (Å²) in [5, 5.41) is 9.71. The minimum Gasteiger partial charge on any atom is -0.477 e. The van der Waals surface area contributed by atoms with E-state index in [4.69, 9.17) is 18.9 Å². The van der Waals surface area contributed by atoms with Gasteiger partial charge in [-0.2, -0.15) is 0 Å². The molecule has 1 N–H and O–H groups in total. The van der Waals surface area contributed by atoms with Gasteiger partial charge in [-0.15, -0.1) is 0 Å². The summed E-state index contributed by atoms with van der Waals surface area (Å²) in [6.07, 6.45) is 70.8. The van der Waals surface area contributed by atoms with Gasteiger partial charge in [0.1, 0.15) is 13.2 Å². The van der Waals surface area contributed by atoms with E-state index in [1.165, 1.54) is 212 Å². The summed E-state index contributed by atoms with van der Waals surface area (Å²) in [4.78, 5) is 37.4. The van der Waals surface area contributed by atoms with Crippen molar-refractivity contribution in [1.82, 2.24) is 0 Å². The van der Waals surface area contributed by atoms with Crippen LogP contribution in [0.25, 0.3) is 0 Å². The number of likely N-dealkylation sites (N-methyl/N-ethyl adjacent to an activating group) is 1. The normalized spacial score (nSPS) is 13.0. The topological polar surface area (TPSA) is 108 Å².